The summed E-state index contributed by atoms with van der Waals surface area (Å²) in [4.78, 5) is 0. The predicted molar refractivity (Wildman–Crippen MR) is 42.7 cm³/mol. The molecule has 0 radical (unpaired) electrons. The fraction of sp³-hybridized carbons (Fsp3) is 1.00. The number of hydrogen-bond acceptors (Lipinski definition) is 2. The molecule has 1 saturated heterocycles. The summed E-state index contributed by atoms with van der Waals surface area (Å²) in [5, 5.41) is -0.0185. The normalized spacial score (nSPS) is 28.5. The zero-order valence-corrected chi connectivity index (χ0v) is 7.47. The summed E-state index contributed by atoms with van der Waals surface area (Å²) in [5.74, 6) is 0.573. The average molecular weight is 175 g/mol. The first-order chi connectivity index (χ1) is 5.10. The van der Waals surface area contributed by atoms with Gasteiger partial charge in [0.15, 0.2) is 0 Å². The van der Waals surface area contributed by atoms with Crippen LogP contribution in [0, 0.1) is 5.92 Å². The van der Waals surface area contributed by atoms with Gasteiger partial charge in [-0.3, -0.25) is 0 Å². The predicted octanol–water partition coefficient (Wildman–Crippen LogP) is 0.430. The Morgan fingerprint density at radius 1 is 1.27 bits per heavy atom. The van der Waals surface area contributed by atoms with Crippen molar-refractivity contribution >= 4 is 10.0 Å². The number of hydrogen-bond donors (Lipinski definition) is 0. The minimum atomic E-state index is -2.83. The third kappa shape index (κ3) is 1.18. The molecule has 1 aliphatic carbocycles. The van der Waals surface area contributed by atoms with Gasteiger partial charge in [0.05, 0.1) is 5.25 Å². The highest BCUT2D eigenvalue weighted by atomic mass is 32.2. The second-order valence-electron chi connectivity index (χ2n) is 3.67. The molecule has 0 bridgehead atoms. The molecule has 0 atom stereocenters. The lowest BCUT2D eigenvalue weighted by atomic mass is 10.1. The van der Waals surface area contributed by atoms with E-state index in [1.165, 1.54) is 0 Å². The largest absolute Gasteiger partial charge is 0.217 e. The van der Waals surface area contributed by atoms with E-state index in [9.17, 15) is 8.42 Å². The maximum atomic E-state index is 11.4. The van der Waals surface area contributed by atoms with Crippen molar-refractivity contribution in [3.8, 4) is 0 Å². The molecular weight excluding hydrogens is 162 g/mol. The minimum Gasteiger partial charge on any atom is -0.212 e. The lowest BCUT2D eigenvalue weighted by Gasteiger charge is -2.35. The van der Waals surface area contributed by atoms with E-state index in [1.54, 1.807) is 4.31 Å². The van der Waals surface area contributed by atoms with Crippen LogP contribution in [0.1, 0.15) is 19.8 Å². The molecule has 0 amide bonds. The van der Waals surface area contributed by atoms with Crippen molar-refractivity contribution in [1.29, 1.82) is 0 Å². The Morgan fingerprint density at radius 2 is 1.82 bits per heavy atom. The van der Waals surface area contributed by atoms with Gasteiger partial charge in [-0.05, 0) is 18.8 Å². The zero-order chi connectivity index (χ0) is 8.06. The van der Waals surface area contributed by atoms with Gasteiger partial charge in [-0.2, -0.15) is 0 Å². The molecule has 1 saturated carbocycles. The molecular formula is C7H13NO2S. The first-order valence-electron chi connectivity index (χ1n) is 4.09. The van der Waals surface area contributed by atoms with Gasteiger partial charge < -0.3 is 0 Å². The first kappa shape index (κ1) is 7.55. The van der Waals surface area contributed by atoms with Gasteiger partial charge in [0.1, 0.15) is 0 Å². The Bertz CT molecular complexity index is 250. The lowest BCUT2D eigenvalue weighted by molar-refractivity contribution is 0.218. The van der Waals surface area contributed by atoms with Crippen molar-refractivity contribution in [2.75, 3.05) is 13.1 Å². The Balaban J connectivity index is 2.04. The topological polar surface area (TPSA) is 37.4 Å². The Morgan fingerprint density at radius 3 is 2.18 bits per heavy atom. The van der Waals surface area contributed by atoms with Crippen molar-refractivity contribution in [2.24, 2.45) is 5.92 Å². The molecule has 2 fully saturated rings. The summed E-state index contributed by atoms with van der Waals surface area (Å²) < 4.78 is 24.5. The molecule has 0 aromatic heterocycles. The summed E-state index contributed by atoms with van der Waals surface area (Å²) in [7, 11) is -2.83. The van der Waals surface area contributed by atoms with Gasteiger partial charge in [0.2, 0.25) is 10.0 Å². The number of rotatable bonds is 2. The third-order valence-electron chi connectivity index (χ3n) is 2.34. The van der Waals surface area contributed by atoms with Crippen LogP contribution in [-0.4, -0.2) is 31.1 Å². The van der Waals surface area contributed by atoms with Gasteiger partial charge in [-0.25, -0.2) is 12.7 Å². The molecule has 11 heavy (non-hydrogen) atoms. The number of sulfonamides is 1. The van der Waals surface area contributed by atoms with Crippen molar-refractivity contribution in [3.05, 3.63) is 0 Å². The summed E-state index contributed by atoms with van der Waals surface area (Å²) in [6, 6.07) is 0. The van der Waals surface area contributed by atoms with Crippen LogP contribution in [0.2, 0.25) is 0 Å². The molecule has 0 N–H and O–H groups in total. The van der Waals surface area contributed by atoms with E-state index in [-0.39, 0.29) is 5.25 Å². The second kappa shape index (κ2) is 2.20. The van der Waals surface area contributed by atoms with Gasteiger partial charge in [0.25, 0.3) is 0 Å². The monoisotopic (exact) mass is 175 g/mol. The molecule has 1 heterocycles. The van der Waals surface area contributed by atoms with Gasteiger partial charge in [-0.1, -0.05) is 6.92 Å². The van der Waals surface area contributed by atoms with Crippen LogP contribution in [0.3, 0.4) is 0 Å². The highest BCUT2D eigenvalue weighted by Gasteiger charge is 2.43. The zero-order valence-electron chi connectivity index (χ0n) is 6.66. The van der Waals surface area contributed by atoms with E-state index >= 15 is 0 Å². The van der Waals surface area contributed by atoms with Crippen LogP contribution in [0.4, 0.5) is 0 Å². The molecule has 3 nitrogen and oxygen atoms in total. The van der Waals surface area contributed by atoms with E-state index in [2.05, 4.69) is 6.92 Å². The van der Waals surface area contributed by atoms with E-state index in [0.717, 1.165) is 25.9 Å². The van der Waals surface area contributed by atoms with E-state index in [0.29, 0.717) is 5.92 Å². The number of nitrogens with zero attached hydrogens (tertiary/aromatic N) is 1. The molecule has 1 aliphatic heterocycles. The quantitative estimate of drug-likeness (QED) is 0.610. The van der Waals surface area contributed by atoms with E-state index < -0.39 is 10.0 Å². The highest BCUT2D eigenvalue weighted by molar-refractivity contribution is 7.90. The summed E-state index contributed by atoms with van der Waals surface area (Å²) in [5.41, 5.74) is 0. The Kier molecular flexibility index (Phi) is 1.51. The fourth-order valence-corrected chi connectivity index (χ4v) is 3.50. The maximum Gasteiger partial charge on any atom is 0.217 e. The van der Waals surface area contributed by atoms with Crippen LogP contribution in [0.25, 0.3) is 0 Å². The summed E-state index contributed by atoms with van der Waals surface area (Å²) in [6.07, 6.45) is 1.76. The van der Waals surface area contributed by atoms with Crippen molar-refractivity contribution in [1.82, 2.24) is 4.31 Å². The SMILES string of the molecule is CC1CN(S(=O)(=O)C2CC2)C1. The molecule has 0 spiro atoms. The fourth-order valence-electron chi connectivity index (χ4n) is 1.43. The van der Waals surface area contributed by atoms with E-state index in [4.69, 9.17) is 0 Å². The highest BCUT2D eigenvalue weighted by Crippen LogP contribution is 2.34. The standard InChI is InChI=1S/C7H13NO2S/c1-6-4-8(5-6)11(9,10)7-2-3-7/h6-7H,2-5H2,1H3. The molecule has 2 rings (SSSR count). The van der Waals surface area contributed by atoms with Crippen molar-refractivity contribution < 1.29 is 8.42 Å². The molecule has 0 unspecified atom stereocenters. The van der Waals surface area contributed by atoms with Gasteiger partial charge in [-0.15, -0.1) is 0 Å². The Hall–Kier alpha value is -0.0900. The first-order valence-corrected chi connectivity index (χ1v) is 5.60. The average Bonchev–Trinajstić information content (AvgIpc) is 2.60. The van der Waals surface area contributed by atoms with Crippen molar-refractivity contribution in [3.63, 3.8) is 0 Å². The lowest BCUT2D eigenvalue weighted by Crippen LogP contribution is -2.49. The summed E-state index contributed by atoms with van der Waals surface area (Å²) >= 11 is 0. The summed E-state index contributed by atoms with van der Waals surface area (Å²) in [6.45, 7) is 3.58. The molecule has 0 aromatic rings. The van der Waals surface area contributed by atoms with Crippen LogP contribution in [-0.2, 0) is 10.0 Å². The van der Waals surface area contributed by atoms with Crippen LogP contribution in [0.5, 0.6) is 0 Å². The van der Waals surface area contributed by atoms with Gasteiger partial charge >= 0.3 is 0 Å². The van der Waals surface area contributed by atoms with Crippen molar-refractivity contribution in [2.45, 2.75) is 25.0 Å². The van der Waals surface area contributed by atoms with Crippen LogP contribution in [0.15, 0.2) is 0 Å². The Labute approximate surface area is 67.4 Å². The molecule has 64 valence electrons. The molecule has 4 heteroatoms. The van der Waals surface area contributed by atoms with Crippen LogP contribution < -0.4 is 0 Å². The molecule has 0 aromatic carbocycles. The second-order valence-corrected chi connectivity index (χ2v) is 5.88. The maximum absolute atomic E-state index is 11.4. The third-order valence-corrected chi connectivity index (χ3v) is 4.67. The van der Waals surface area contributed by atoms with Crippen LogP contribution >= 0.6 is 0 Å². The minimum absolute atomic E-state index is 0.0185. The van der Waals surface area contributed by atoms with Gasteiger partial charge in [0, 0.05) is 13.1 Å². The van der Waals surface area contributed by atoms with E-state index in [1.807, 2.05) is 0 Å². The molecule has 2 aliphatic rings. The smallest absolute Gasteiger partial charge is 0.212 e.